The van der Waals surface area contributed by atoms with Crippen molar-refractivity contribution in [3.05, 3.63) is 24.3 Å². The van der Waals surface area contributed by atoms with Gasteiger partial charge in [-0.3, -0.25) is 4.79 Å². The molecule has 2 fully saturated rings. The predicted molar refractivity (Wildman–Crippen MR) is 291 cm³/mol. The fourth-order valence-corrected chi connectivity index (χ4v) is 9.98. The zero-order chi connectivity index (χ0) is 53.2. The van der Waals surface area contributed by atoms with E-state index >= 15 is 0 Å². The minimum absolute atomic E-state index is 0.245. The van der Waals surface area contributed by atoms with Gasteiger partial charge in [-0.25, -0.2) is 0 Å². The van der Waals surface area contributed by atoms with Crippen molar-refractivity contribution in [3.63, 3.8) is 0 Å². The second kappa shape index (κ2) is 45.5. The lowest BCUT2D eigenvalue weighted by Crippen LogP contribution is -2.65. The van der Waals surface area contributed by atoms with Gasteiger partial charge in [-0.05, 0) is 38.5 Å². The fourth-order valence-electron chi connectivity index (χ4n) is 9.98. The molecule has 0 aromatic heterocycles. The Labute approximate surface area is 443 Å². The Bertz CT molecular complexity index is 1320. The fraction of sp³-hybridized carbons (Fsp3) is 0.915. The molecule has 73 heavy (non-hydrogen) atoms. The number of hydrogen-bond donors (Lipinski definition) is 9. The maximum absolute atomic E-state index is 13.1. The van der Waals surface area contributed by atoms with E-state index in [4.69, 9.17) is 18.9 Å². The highest BCUT2D eigenvalue weighted by Crippen LogP contribution is 2.30. The second-order valence-corrected chi connectivity index (χ2v) is 21.5. The van der Waals surface area contributed by atoms with Gasteiger partial charge in [0.15, 0.2) is 12.6 Å². The number of nitrogens with one attached hydrogen (secondary N) is 1. The van der Waals surface area contributed by atoms with Crippen LogP contribution in [0.4, 0.5) is 0 Å². The lowest BCUT2D eigenvalue weighted by molar-refractivity contribution is -0.359. The van der Waals surface area contributed by atoms with Crippen LogP contribution in [0.3, 0.4) is 0 Å². The first-order chi connectivity index (χ1) is 35.6. The Balaban J connectivity index is 1.48. The van der Waals surface area contributed by atoms with E-state index in [1.54, 1.807) is 6.08 Å². The molecular formula is C59H111NO13. The van der Waals surface area contributed by atoms with E-state index < -0.39 is 86.8 Å². The molecule has 0 aromatic carbocycles. The van der Waals surface area contributed by atoms with Crippen LogP contribution in [0.2, 0.25) is 0 Å². The number of unbranched alkanes of at least 4 members (excludes halogenated alkanes) is 33. The maximum Gasteiger partial charge on any atom is 0.220 e. The molecule has 14 nitrogen and oxygen atoms in total. The van der Waals surface area contributed by atoms with Crippen LogP contribution in [-0.4, -0.2) is 140 Å². The molecule has 14 heteroatoms. The molecule has 12 unspecified atom stereocenters. The summed E-state index contributed by atoms with van der Waals surface area (Å²) in [4.78, 5) is 13.1. The van der Waals surface area contributed by atoms with E-state index in [0.717, 1.165) is 38.5 Å². The molecule has 430 valence electrons. The molecule has 12 atom stereocenters. The van der Waals surface area contributed by atoms with E-state index in [0.29, 0.717) is 6.42 Å². The number of aliphatic hydroxyl groups is 8. The van der Waals surface area contributed by atoms with Gasteiger partial charge in [-0.2, -0.15) is 0 Å². The Kier molecular flexibility index (Phi) is 42.1. The molecule has 0 bridgehead atoms. The SMILES string of the molecule is CCCC/C=C/C(O)C(COC1OC(CO)C(OC2OC(CO)C(O)C(O)C2O)C(O)C1O)NC(=O)CCCCCCCCCCCCCCCCCCCCCCCCC/C=C\CCCCCCCCCC. The summed E-state index contributed by atoms with van der Waals surface area (Å²) in [5.74, 6) is -0.245. The quantitative estimate of drug-likeness (QED) is 0.0204. The Morgan fingerprint density at radius 3 is 1.33 bits per heavy atom. The first-order valence-electron chi connectivity index (χ1n) is 30.1. The molecule has 0 radical (unpaired) electrons. The number of allylic oxidation sites excluding steroid dienone is 3. The minimum Gasteiger partial charge on any atom is -0.394 e. The number of rotatable bonds is 48. The molecule has 1 amide bonds. The van der Waals surface area contributed by atoms with Crippen molar-refractivity contribution in [3.8, 4) is 0 Å². The van der Waals surface area contributed by atoms with Crippen molar-refractivity contribution in [2.45, 2.75) is 325 Å². The van der Waals surface area contributed by atoms with Gasteiger partial charge in [0.2, 0.25) is 5.91 Å². The number of carbonyl (C=O) groups excluding carboxylic acids is 1. The van der Waals surface area contributed by atoms with E-state index in [-0.39, 0.29) is 18.9 Å². The molecule has 0 spiro atoms. The second-order valence-electron chi connectivity index (χ2n) is 21.5. The average Bonchev–Trinajstić information content (AvgIpc) is 3.39. The van der Waals surface area contributed by atoms with Gasteiger partial charge in [-0.1, -0.05) is 231 Å². The van der Waals surface area contributed by atoms with Crippen molar-refractivity contribution >= 4 is 5.91 Å². The minimum atomic E-state index is -1.78. The van der Waals surface area contributed by atoms with Crippen molar-refractivity contribution in [2.24, 2.45) is 0 Å². The molecule has 0 aliphatic carbocycles. The first-order valence-corrected chi connectivity index (χ1v) is 30.1. The average molecular weight is 1040 g/mol. The number of carbonyl (C=O) groups is 1. The standard InChI is InChI=1S/C59H111NO13/c1-3-5-7-9-10-11-12-13-14-15-16-17-18-19-20-21-22-23-24-25-26-27-28-29-30-31-32-33-34-35-36-37-38-39-41-43-51(64)60-47(48(63)42-40-8-6-4-2)46-70-58-56(69)54(67)57(50(45-62)72-58)73-59-55(68)53(66)52(65)49(44-61)71-59/h15-16,40,42,47-50,52-59,61-63,65-69H,3-14,17-39,41,43-46H2,1-2H3,(H,60,64)/b16-15-,42-40+. The smallest absolute Gasteiger partial charge is 0.220 e. The highest BCUT2D eigenvalue weighted by Gasteiger charge is 2.51. The van der Waals surface area contributed by atoms with Crippen LogP contribution in [-0.2, 0) is 23.7 Å². The van der Waals surface area contributed by atoms with Gasteiger partial charge in [0.1, 0.15) is 48.8 Å². The van der Waals surface area contributed by atoms with Crippen molar-refractivity contribution < 1.29 is 64.6 Å². The highest BCUT2D eigenvalue weighted by atomic mass is 16.7. The topological polar surface area (TPSA) is 228 Å². The third kappa shape index (κ3) is 31.5. The predicted octanol–water partition coefficient (Wildman–Crippen LogP) is 10.1. The highest BCUT2D eigenvalue weighted by molar-refractivity contribution is 5.76. The summed E-state index contributed by atoms with van der Waals surface area (Å²) >= 11 is 0. The van der Waals surface area contributed by atoms with Gasteiger partial charge < -0.3 is 65.1 Å². The Hall–Kier alpha value is -1.53. The summed E-state index contributed by atoms with van der Waals surface area (Å²) in [5.41, 5.74) is 0. The number of aliphatic hydroxyl groups excluding tert-OH is 8. The zero-order valence-electron chi connectivity index (χ0n) is 46.1. The van der Waals surface area contributed by atoms with E-state index in [2.05, 4.69) is 31.3 Å². The Morgan fingerprint density at radius 2 is 0.877 bits per heavy atom. The molecular weight excluding hydrogens is 931 g/mol. The van der Waals surface area contributed by atoms with Gasteiger partial charge in [0.25, 0.3) is 0 Å². The van der Waals surface area contributed by atoms with Crippen LogP contribution in [0.15, 0.2) is 24.3 Å². The first kappa shape index (κ1) is 67.6. The summed E-state index contributed by atoms with van der Waals surface area (Å²) in [6, 6.07) is -0.907. The summed E-state index contributed by atoms with van der Waals surface area (Å²) < 4.78 is 22.6. The molecule has 2 aliphatic heterocycles. The van der Waals surface area contributed by atoms with Crippen LogP contribution in [0.1, 0.15) is 251 Å². The number of hydrogen-bond acceptors (Lipinski definition) is 13. The van der Waals surface area contributed by atoms with Gasteiger partial charge >= 0.3 is 0 Å². The molecule has 0 aromatic rings. The monoisotopic (exact) mass is 1040 g/mol. The third-order valence-electron chi connectivity index (χ3n) is 14.9. The van der Waals surface area contributed by atoms with Crippen LogP contribution >= 0.6 is 0 Å². The van der Waals surface area contributed by atoms with E-state index in [1.165, 1.54) is 186 Å². The van der Waals surface area contributed by atoms with E-state index in [1.807, 2.05) is 6.08 Å². The van der Waals surface area contributed by atoms with Crippen LogP contribution in [0.25, 0.3) is 0 Å². The van der Waals surface area contributed by atoms with Crippen molar-refractivity contribution in [1.29, 1.82) is 0 Å². The molecule has 2 aliphatic rings. The molecule has 2 heterocycles. The van der Waals surface area contributed by atoms with Gasteiger partial charge in [0, 0.05) is 6.42 Å². The van der Waals surface area contributed by atoms with Crippen LogP contribution < -0.4 is 5.32 Å². The third-order valence-corrected chi connectivity index (χ3v) is 14.9. The summed E-state index contributed by atoms with van der Waals surface area (Å²) in [6.45, 7) is 2.64. The molecule has 9 N–H and O–H groups in total. The number of ether oxygens (including phenoxy) is 4. The van der Waals surface area contributed by atoms with Crippen LogP contribution in [0, 0.1) is 0 Å². The lowest BCUT2D eigenvalue weighted by Gasteiger charge is -2.46. The van der Waals surface area contributed by atoms with Gasteiger partial charge in [-0.15, -0.1) is 0 Å². The zero-order valence-corrected chi connectivity index (χ0v) is 46.1. The maximum atomic E-state index is 13.1. The largest absolute Gasteiger partial charge is 0.394 e. The number of amides is 1. The Morgan fingerprint density at radius 1 is 0.479 bits per heavy atom. The van der Waals surface area contributed by atoms with Gasteiger partial charge in [0.05, 0.1) is 32.0 Å². The molecule has 2 rings (SSSR count). The normalized spacial score (nSPS) is 25.5. The summed E-state index contributed by atoms with van der Waals surface area (Å²) in [5, 5.41) is 86.2. The van der Waals surface area contributed by atoms with E-state index in [9.17, 15) is 45.6 Å². The van der Waals surface area contributed by atoms with Crippen molar-refractivity contribution in [2.75, 3.05) is 19.8 Å². The molecule has 0 saturated carbocycles. The summed E-state index contributed by atoms with van der Waals surface area (Å²) in [7, 11) is 0. The summed E-state index contributed by atoms with van der Waals surface area (Å²) in [6.07, 6.45) is 37.9. The van der Waals surface area contributed by atoms with Crippen LogP contribution in [0.5, 0.6) is 0 Å². The lowest BCUT2D eigenvalue weighted by atomic mass is 9.97. The molecule has 2 saturated heterocycles. The van der Waals surface area contributed by atoms with Crippen molar-refractivity contribution in [1.82, 2.24) is 5.32 Å².